The van der Waals surface area contributed by atoms with Crippen LogP contribution in [0.2, 0.25) is 0 Å². The molecule has 108 valence electrons. The summed E-state index contributed by atoms with van der Waals surface area (Å²) in [6.45, 7) is 6.08. The number of carbonyl (C=O) groups excluding carboxylic acids is 1. The molecule has 0 heterocycles. The summed E-state index contributed by atoms with van der Waals surface area (Å²) in [6.07, 6.45) is 4.83. The van der Waals surface area contributed by atoms with Gasteiger partial charge in [-0.3, -0.25) is 0 Å². The Hall–Kier alpha value is -1.99. The standard InChI is InChI=1S/C16H21NO3/c1-5-14(17-15(18)20-16(2,3)4)12-19-11-13-9-7-6-8-10-13/h1,6-10,14H,11-12H2,2-4H3,(H,17,18)/t14-/m0/s1. The van der Waals surface area contributed by atoms with Gasteiger partial charge in [0.05, 0.1) is 13.2 Å². The highest BCUT2D eigenvalue weighted by Gasteiger charge is 2.18. The number of alkyl carbamates (subject to hydrolysis) is 1. The molecule has 1 amide bonds. The molecule has 0 aliphatic carbocycles. The molecule has 0 saturated heterocycles. The van der Waals surface area contributed by atoms with Gasteiger partial charge in [-0.05, 0) is 26.3 Å². The summed E-state index contributed by atoms with van der Waals surface area (Å²) in [7, 11) is 0. The van der Waals surface area contributed by atoms with E-state index >= 15 is 0 Å². The van der Waals surface area contributed by atoms with E-state index in [1.807, 2.05) is 30.3 Å². The normalized spacial score (nSPS) is 12.3. The van der Waals surface area contributed by atoms with Crippen LogP contribution < -0.4 is 5.32 Å². The van der Waals surface area contributed by atoms with Crippen LogP contribution in [-0.2, 0) is 16.1 Å². The molecule has 1 aromatic carbocycles. The zero-order valence-electron chi connectivity index (χ0n) is 12.2. The lowest BCUT2D eigenvalue weighted by Gasteiger charge is -2.21. The highest BCUT2D eigenvalue weighted by molar-refractivity contribution is 5.68. The van der Waals surface area contributed by atoms with E-state index in [0.717, 1.165) is 5.56 Å². The van der Waals surface area contributed by atoms with Gasteiger partial charge in [0.1, 0.15) is 11.6 Å². The minimum absolute atomic E-state index is 0.241. The second-order valence-electron chi connectivity index (χ2n) is 5.37. The fraction of sp³-hybridized carbons (Fsp3) is 0.438. The number of carbonyl (C=O) groups is 1. The topological polar surface area (TPSA) is 47.6 Å². The van der Waals surface area contributed by atoms with Crippen LogP contribution in [0.15, 0.2) is 30.3 Å². The quantitative estimate of drug-likeness (QED) is 0.841. The number of hydrogen-bond donors (Lipinski definition) is 1. The Morgan fingerprint density at radius 1 is 1.35 bits per heavy atom. The second-order valence-corrected chi connectivity index (χ2v) is 5.37. The fourth-order valence-corrected chi connectivity index (χ4v) is 1.45. The van der Waals surface area contributed by atoms with Crippen molar-refractivity contribution in [1.29, 1.82) is 0 Å². The third-order valence-electron chi connectivity index (χ3n) is 2.29. The lowest BCUT2D eigenvalue weighted by molar-refractivity contribution is 0.0464. The number of hydrogen-bond acceptors (Lipinski definition) is 3. The summed E-state index contributed by atoms with van der Waals surface area (Å²) >= 11 is 0. The lowest BCUT2D eigenvalue weighted by Crippen LogP contribution is -2.40. The molecule has 0 spiro atoms. The zero-order valence-corrected chi connectivity index (χ0v) is 12.2. The van der Waals surface area contributed by atoms with Gasteiger partial charge in [-0.2, -0.15) is 0 Å². The lowest BCUT2D eigenvalue weighted by atomic mass is 10.2. The zero-order chi connectivity index (χ0) is 15.0. The van der Waals surface area contributed by atoms with E-state index in [4.69, 9.17) is 15.9 Å². The number of benzene rings is 1. The third-order valence-corrected chi connectivity index (χ3v) is 2.29. The summed E-state index contributed by atoms with van der Waals surface area (Å²) in [5, 5.41) is 2.59. The maximum atomic E-state index is 11.6. The van der Waals surface area contributed by atoms with Crippen LogP contribution in [0.1, 0.15) is 26.3 Å². The van der Waals surface area contributed by atoms with Crippen LogP contribution in [0, 0.1) is 12.3 Å². The van der Waals surface area contributed by atoms with Gasteiger partial charge < -0.3 is 14.8 Å². The molecular formula is C16H21NO3. The molecular weight excluding hydrogens is 254 g/mol. The largest absolute Gasteiger partial charge is 0.444 e. The van der Waals surface area contributed by atoms with Crippen molar-refractivity contribution < 1.29 is 14.3 Å². The Kier molecular flexibility index (Phi) is 6.08. The van der Waals surface area contributed by atoms with Gasteiger partial charge in [-0.1, -0.05) is 36.3 Å². The van der Waals surface area contributed by atoms with Gasteiger partial charge in [0.2, 0.25) is 0 Å². The first kappa shape index (κ1) is 16.1. The van der Waals surface area contributed by atoms with Crippen LogP contribution in [0.25, 0.3) is 0 Å². The van der Waals surface area contributed by atoms with E-state index in [0.29, 0.717) is 6.61 Å². The molecule has 1 N–H and O–H groups in total. The first-order valence-electron chi connectivity index (χ1n) is 6.48. The minimum Gasteiger partial charge on any atom is -0.444 e. The number of amides is 1. The smallest absolute Gasteiger partial charge is 0.408 e. The minimum atomic E-state index is -0.547. The van der Waals surface area contributed by atoms with Crippen LogP contribution in [0.4, 0.5) is 4.79 Å². The van der Waals surface area contributed by atoms with Crippen molar-refractivity contribution in [2.24, 2.45) is 0 Å². The van der Waals surface area contributed by atoms with Gasteiger partial charge in [0, 0.05) is 0 Å². The monoisotopic (exact) mass is 275 g/mol. The van der Waals surface area contributed by atoms with E-state index in [2.05, 4.69) is 11.2 Å². The van der Waals surface area contributed by atoms with E-state index in [-0.39, 0.29) is 6.61 Å². The maximum Gasteiger partial charge on any atom is 0.408 e. The van der Waals surface area contributed by atoms with Crippen molar-refractivity contribution in [3.05, 3.63) is 35.9 Å². The molecule has 0 unspecified atom stereocenters. The molecule has 0 fully saturated rings. The van der Waals surface area contributed by atoms with Crippen molar-refractivity contribution in [1.82, 2.24) is 5.32 Å². The Labute approximate surface area is 120 Å². The average molecular weight is 275 g/mol. The predicted molar refractivity (Wildman–Crippen MR) is 78.1 cm³/mol. The number of rotatable bonds is 5. The molecule has 0 saturated carbocycles. The van der Waals surface area contributed by atoms with Crippen LogP contribution >= 0.6 is 0 Å². The molecule has 1 rings (SSSR count). The molecule has 4 heteroatoms. The van der Waals surface area contributed by atoms with Crippen LogP contribution in [0.5, 0.6) is 0 Å². The number of ether oxygens (including phenoxy) is 2. The van der Waals surface area contributed by atoms with E-state index in [9.17, 15) is 4.79 Å². The maximum absolute atomic E-state index is 11.6. The van der Waals surface area contributed by atoms with E-state index in [1.54, 1.807) is 20.8 Å². The van der Waals surface area contributed by atoms with E-state index < -0.39 is 17.7 Å². The van der Waals surface area contributed by atoms with Crippen molar-refractivity contribution in [3.8, 4) is 12.3 Å². The predicted octanol–water partition coefficient (Wildman–Crippen LogP) is 2.73. The third kappa shape index (κ3) is 6.81. The van der Waals surface area contributed by atoms with Gasteiger partial charge >= 0.3 is 6.09 Å². The molecule has 0 aromatic heterocycles. The fourth-order valence-electron chi connectivity index (χ4n) is 1.45. The Morgan fingerprint density at radius 2 is 2.00 bits per heavy atom. The average Bonchev–Trinajstić information content (AvgIpc) is 2.36. The molecule has 0 aliphatic heterocycles. The van der Waals surface area contributed by atoms with Gasteiger partial charge in [0.25, 0.3) is 0 Å². The number of nitrogens with one attached hydrogen (secondary N) is 1. The summed E-state index contributed by atoms with van der Waals surface area (Å²) in [5.74, 6) is 2.47. The first-order chi connectivity index (χ1) is 9.40. The number of terminal acetylenes is 1. The SMILES string of the molecule is C#C[C@@H](COCc1ccccc1)NC(=O)OC(C)(C)C. The van der Waals surface area contributed by atoms with Crippen LogP contribution in [-0.4, -0.2) is 24.3 Å². The Balaban J connectivity index is 2.33. The highest BCUT2D eigenvalue weighted by Crippen LogP contribution is 2.07. The molecule has 0 radical (unpaired) electrons. The van der Waals surface area contributed by atoms with Gasteiger partial charge in [-0.15, -0.1) is 6.42 Å². The van der Waals surface area contributed by atoms with Crippen molar-refractivity contribution in [2.75, 3.05) is 6.61 Å². The molecule has 1 atom stereocenters. The summed E-state index contributed by atoms with van der Waals surface area (Å²) in [5.41, 5.74) is 0.509. The van der Waals surface area contributed by atoms with Crippen LogP contribution in [0.3, 0.4) is 0 Å². The Morgan fingerprint density at radius 3 is 2.55 bits per heavy atom. The second kappa shape index (κ2) is 7.56. The van der Waals surface area contributed by atoms with Crippen molar-refractivity contribution >= 4 is 6.09 Å². The highest BCUT2D eigenvalue weighted by atomic mass is 16.6. The molecule has 1 aromatic rings. The van der Waals surface area contributed by atoms with E-state index in [1.165, 1.54) is 0 Å². The summed E-state index contributed by atoms with van der Waals surface area (Å²) in [6, 6.07) is 9.25. The first-order valence-corrected chi connectivity index (χ1v) is 6.48. The van der Waals surface area contributed by atoms with Crippen molar-refractivity contribution in [3.63, 3.8) is 0 Å². The summed E-state index contributed by atoms with van der Waals surface area (Å²) < 4.78 is 10.6. The molecule has 20 heavy (non-hydrogen) atoms. The van der Waals surface area contributed by atoms with Gasteiger partial charge in [-0.25, -0.2) is 4.79 Å². The van der Waals surface area contributed by atoms with Crippen molar-refractivity contribution in [2.45, 2.75) is 39.0 Å². The summed E-state index contributed by atoms with van der Waals surface area (Å²) in [4.78, 5) is 11.6. The van der Waals surface area contributed by atoms with Gasteiger partial charge in [0.15, 0.2) is 0 Å². The molecule has 0 aliphatic rings. The Bertz CT molecular complexity index is 457. The molecule has 0 bridgehead atoms. The molecule has 4 nitrogen and oxygen atoms in total.